The predicted molar refractivity (Wildman–Crippen MR) is 78.8 cm³/mol. The zero-order valence-electron chi connectivity index (χ0n) is 12.7. The lowest BCUT2D eigenvalue weighted by Gasteiger charge is -2.32. The summed E-state index contributed by atoms with van der Waals surface area (Å²) in [5.74, 6) is -0.934. The molecule has 1 aliphatic heterocycles. The maximum Gasteiger partial charge on any atom is 0.416 e. The van der Waals surface area contributed by atoms with Gasteiger partial charge in [0.1, 0.15) is 6.42 Å². The van der Waals surface area contributed by atoms with Crippen molar-refractivity contribution in [3.8, 4) is 0 Å². The minimum Gasteiger partial charge on any atom is -0.340 e. The first-order chi connectivity index (χ1) is 10.8. The molecule has 2 rings (SSSR count). The number of piperazine rings is 1. The number of rotatable bonds is 3. The molecule has 0 aromatic heterocycles. The summed E-state index contributed by atoms with van der Waals surface area (Å²) in [5, 5.41) is 2.34. The molecule has 0 spiro atoms. The van der Waals surface area contributed by atoms with Crippen LogP contribution in [0.25, 0.3) is 0 Å². The van der Waals surface area contributed by atoms with Gasteiger partial charge in [-0.25, -0.2) is 0 Å². The van der Waals surface area contributed by atoms with Crippen LogP contribution in [0.4, 0.5) is 18.9 Å². The van der Waals surface area contributed by atoms with Crippen LogP contribution in [0.3, 0.4) is 0 Å². The standard InChI is InChI=1S/C15H18F3N3O2/c1-20-5-7-21(8-6-20)14(23)10-13(22)19-12-4-2-3-11(9-12)15(16,17)18/h2-4,9H,5-8,10H2,1H3,(H,19,22). The van der Waals surface area contributed by atoms with Crippen LogP contribution in [0.5, 0.6) is 0 Å². The van der Waals surface area contributed by atoms with Crippen LogP contribution >= 0.6 is 0 Å². The van der Waals surface area contributed by atoms with E-state index in [1.165, 1.54) is 12.1 Å². The first kappa shape index (κ1) is 17.3. The molecule has 1 saturated heterocycles. The number of amides is 2. The van der Waals surface area contributed by atoms with E-state index >= 15 is 0 Å². The van der Waals surface area contributed by atoms with Gasteiger partial charge in [0, 0.05) is 31.9 Å². The van der Waals surface area contributed by atoms with Crippen molar-refractivity contribution in [3.63, 3.8) is 0 Å². The molecule has 23 heavy (non-hydrogen) atoms. The Hall–Kier alpha value is -2.09. The fraction of sp³-hybridized carbons (Fsp3) is 0.467. The van der Waals surface area contributed by atoms with E-state index in [-0.39, 0.29) is 18.0 Å². The second-order valence-corrected chi connectivity index (χ2v) is 5.49. The summed E-state index contributed by atoms with van der Waals surface area (Å²) in [6, 6.07) is 4.33. The molecule has 1 aromatic carbocycles. The van der Waals surface area contributed by atoms with Gasteiger partial charge in [-0.1, -0.05) is 6.07 Å². The summed E-state index contributed by atoms with van der Waals surface area (Å²) < 4.78 is 37.8. The summed E-state index contributed by atoms with van der Waals surface area (Å²) in [5.41, 5.74) is -0.823. The number of nitrogens with one attached hydrogen (secondary N) is 1. The van der Waals surface area contributed by atoms with E-state index in [1.807, 2.05) is 7.05 Å². The Kier molecular flexibility index (Phi) is 5.25. The van der Waals surface area contributed by atoms with Gasteiger partial charge in [-0.15, -0.1) is 0 Å². The lowest BCUT2D eigenvalue weighted by atomic mass is 10.2. The fourth-order valence-corrected chi connectivity index (χ4v) is 2.28. The molecule has 0 unspecified atom stereocenters. The van der Waals surface area contributed by atoms with Crippen LogP contribution in [0, 0.1) is 0 Å². The van der Waals surface area contributed by atoms with Crippen LogP contribution in [-0.4, -0.2) is 54.8 Å². The molecule has 0 aliphatic carbocycles. The van der Waals surface area contributed by atoms with Gasteiger partial charge in [0.25, 0.3) is 0 Å². The van der Waals surface area contributed by atoms with Gasteiger partial charge in [0.05, 0.1) is 5.56 Å². The Balaban J connectivity index is 1.91. The van der Waals surface area contributed by atoms with E-state index in [4.69, 9.17) is 0 Å². The molecule has 126 valence electrons. The zero-order valence-corrected chi connectivity index (χ0v) is 12.7. The van der Waals surface area contributed by atoms with Crippen molar-refractivity contribution in [2.75, 3.05) is 38.5 Å². The Labute approximate surface area is 132 Å². The molecule has 8 heteroatoms. The van der Waals surface area contributed by atoms with Crippen LogP contribution in [0.1, 0.15) is 12.0 Å². The number of likely N-dealkylation sites (N-methyl/N-ethyl adjacent to an activating group) is 1. The van der Waals surface area contributed by atoms with Gasteiger partial charge >= 0.3 is 6.18 Å². The smallest absolute Gasteiger partial charge is 0.340 e. The maximum absolute atomic E-state index is 12.6. The molecule has 0 radical (unpaired) electrons. The van der Waals surface area contributed by atoms with E-state index in [0.29, 0.717) is 13.1 Å². The highest BCUT2D eigenvalue weighted by Crippen LogP contribution is 2.30. The number of benzene rings is 1. The van der Waals surface area contributed by atoms with Crippen LogP contribution in [0.2, 0.25) is 0 Å². The minimum atomic E-state index is -4.48. The minimum absolute atomic E-state index is 0.0241. The van der Waals surface area contributed by atoms with E-state index < -0.39 is 17.6 Å². The van der Waals surface area contributed by atoms with E-state index in [2.05, 4.69) is 10.2 Å². The van der Waals surface area contributed by atoms with Crippen molar-refractivity contribution in [1.29, 1.82) is 0 Å². The number of hydrogen-bond donors (Lipinski definition) is 1. The Morgan fingerprint density at radius 2 is 1.83 bits per heavy atom. The number of nitrogens with zero attached hydrogens (tertiary/aromatic N) is 2. The lowest BCUT2D eigenvalue weighted by molar-refractivity contribution is -0.138. The molecule has 5 nitrogen and oxygen atoms in total. The number of carbonyl (C=O) groups excluding carboxylic acids is 2. The third-order valence-corrected chi connectivity index (χ3v) is 3.64. The number of anilines is 1. The van der Waals surface area contributed by atoms with Crippen LogP contribution < -0.4 is 5.32 Å². The van der Waals surface area contributed by atoms with Crippen molar-refractivity contribution in [2.24, 2.45) is 0 Å². The molecule has 1 aromatic rings. The van der Waals surface area contributed by atoms with Crippen LogP contribution in [-0.2, 0) is 15.8 Å². The van der Waals surface area contributed by atoms with E-state index in [0.717, 1.165) is 25.2 Å². The van der Waals surface area contributed by atoms with Crippen molar-refractivity contribution in [1.82, 2.24) is 9.80 Å². The second kappa shape index (κ2) is 6.99. The van der Waals surface area contributed by atoms with E-state index in [1.54, 1.807) is 4.90 Å². The Morgan fingerprint density at radius 1 is 1.17 bits per heavy atom. The highest BCUT2D eigenvalue weighted by molar-refractivity contribution is 6.03. The monoisotopic (exact) mass is 329 g/mol. The molecular formula is C15H18F3N3O2. The molecule has 1 fully saturated rings. The highest BCUT2D eigenvalue weighted by atomic mass is 19.4. The summed E-state index contributed by atoms with van der Waals surface area (Å²) in [6.45, 7) is 2.57. The average molecular weight is 329 g/mol. The molecule has 0 atom stereocenters. The number of hydrogen-bond acceptors (Lipinski definition) is 3. The second-order valence-electron chi connectivity index (χ2n) is 5.49. The Morgan fingerprint density at radius 3 is 2.43 bits per heavy atom. The summed E-state index contributed by atoms with van der Waals surface area (Å²) >= 11 is 0. The number of halogens is 3. The third kappa shape index (κ3) is 4.95. The topological polar surface area (TPSA) is 52.7 Å². The molecular weight excluding hydrogens is 311 g/mol. The Bertz CT molecular complexity index is 582. The number of alkyl halides is 3. The van der Waals surface area contributed by atoms with E-state index in [9.17, 15) is 22.8 Å². The zero-order chi connectivity index (χ0) is 17.0. The van der Waals surface area contributed by atoms with Gasteiger partial charge in [0.2, 0.25) is 11.8 Å². The molecule has 2 amide bonds. The molecule has 1 N–H and O–H groups in total. The SMILES string of the molecule is CN1CCN(C(=O)CC(=O)Nc2cccc(C(F)(F)F)c2)CC1. The number of carbonyl (C=O) groups is 2. The summed E-state index contributed by atoms with van der Waals surface area (Å²) in [6.07, 6.45) is -4.85. The largest absolute Gasteiger partial charge is 0.416 e. The predicted octanol–water partition coefficient (Wildman–Crippen LogP) is 1.81. The fourth-order valence-electron chi connectivity index (χ4n) is 2.28. The van der Waals surface area contributed by atoms with Crippen molar-refractivity contribution in [2.45, 2.75) is 12.6 Å². The normalized spacial score (nSPS) is 16.3. The van der Waals surface area contributed by atoms with Gasteiger partial charge in [0.15, 0.2) is 0 Å². The quantitative estimate of drug-likeness (QED) is 0.861. The van der Waals surface area contributed by atoms with Crippen molar-refractivity contribution >= 4 is 17.5 Å². The first-order valence-corrected chi connectivity index (χ1v) is 7.19. The van der Waals surface area contributed by atoms with Gasteiger partial charge < -0.3 is 15.1 Å². The summed E-state index contributed by atoms with van der Waals surface area (Å²) in [4.78, 5) is 27.5. The lowest BCUT2D eigenvalue weighted by Crippen LogP contribution is -2.47. The third-order valence-electron chi connectivity index (χ3n) is 3.64. The van der Waals surface area contributed by atoms with Gasteiger partial charge in [-0.05, 0) is 25.2 Å². The molecule has 0 saturated carbocycles. The first-order valence-electron chi connectivity index (χ1n) is 7.19. The highest BCUT2D eigenvalue weighted by Gasteiger charge is 2.30. The maximum atomic E-state index is 12.6. The van der Waals surface area contributed by atoms with Crippen molar-refractivity contribution < 1.29 is 22.8 Å². The van der Waals surface area contributed by atoms with Crippen LogP contribution in [0.15, 0.2) is 24.3 Å². The average Bonchev–Trinajstić information content (AvgIpc) is 2.47. The molecule has 1 aliphatic rings. The molecule has 0 bridgehead atoms. The molecule has 1 heterocycles. The van der Waals surface area contributed by atoms with Gasteiger partial charge in [-0.3, -0.25) is 9.59 Å². The van der Waals surface area contributed by atoms with Gasteiger partial charge in [-0.2, -0.15) is 13.2 Å². The summed E-state index contributed by atoms with van der Waals surface area (Å²) in [7, 11) is 1.95. The van der Waals surface area contributed by atoms with Crippen molar-refractivity contribution in [3.05, 3.63) is 29.8 Å².